The minimum Gasteiger partial charge on any atom is -0.508 e. The Kier molecular flexibility index (Phi) is 6.76. The number of fused-ring (bicyclic) bond motifs is 2. The molecule has 3 unspecified atom stereocenters. The lowest BCUT2D eigenvalue weighted by Crippen LogP contribution is -2.35. The van der Waals surface area contributed by atoms with E-state index in [1.165, 1.54) is 30.3 Å². The molecule has 0 aromatic heterocycles. The first kappa shape index (κ1) is 26.6. The molecule has 4 aromatic rings. The summed E-state index contributed by atoms with van der Waals surface area (Å²) in [6, 6.07) is 23.3. The second-order valence-corrected chi connectivity index (χ2v) is 11.7. The third-order valence-corrected chi connectivity index (χ3v) is 8.79. The van der Waals surface area contributed by atoms with Crippen LogP contribution in [-0.4, -0.2) is 41.2 Å². The summed E-state index contributed by atoms with van der Waals surface area (Å²) in [5.74, 6) is -0.449. The smallest absolute Gasteiger partial charge is 0.315 e. The zero-order chi connectivity index (χ0) is 28.7. The molecule has 7 nitrogen and oxygen atoms in total. The van der Waals surface area contributed by atoms with E-state index in [0.29, 0.717) is 5.56 Å². The zero-order valence-electron chi connectivity index (χ0n) is 21.5. The Morgan fingerprint density at radius 1 is 0.732 bits per heavy atom. The lowest BCUT2D eigenvalue weighted by molar-refractivity contribution is 0.128. The summed E-state index contributed by atoms with van der Waals surface area (Å²) in [7, 11) is -4.14. The van der Waals surface area contributed by atoms with Crippen LogP contribution in [-0.2, 0) is 14.9 Å². The number of ether oxygens (including phenoxy) is 1. The van der Waals surface area contributed by atoms with Gasteiger partial charge in [-0.05, 0) is 81.9 Å². The molecule has 9 heteroatoms. The molecule has 208 valence electrons. The standard InChI is InChI=1S/C32H25FO7S/c33-23-9-13-27(14-10-23)40-41(37,38)29-18-28-30(21-7-11-24(34)12-8-21)31(32(29)39-28)22-5-3-19(4-6-22)1-2-20-15-25(35)17-26(36)16-20/h1-17,28-29,32,34-36H,18H2/b2-1+. The number of aromatic hydroxyl groups is 3. The molecule has 2 heterocycles. The van der Waals surface area contributed by atoms with Crippen molar-refractivity contribution in [1.29, 1.82) is 0 Å². The molecule has 3 N–H and O–H groups in total. The van der Waals surface area contributed by atoms with E-state index in [1.807, 2.05) is 30.3 Å². The van der Waals surface area contributed by atoms with Crippen LogP contribution in [0.3, 0.4) is 0 Å². The van der Waals surface area contributed by atoms with E-state index in [4.69, 9.17) is 8.92 Å². The minimum absolute atomic E-state index is 0.0228. The third-order valence-electron chi connectivity index (χ3n) is 7.18. The molecule has 0 radical (unpaired) electrons. The number of halogens is 1. The fourth-order valence-electron chi connectivity index (χ4n) is 5.36. The summed E-state index contributed by atoms with van der Waals surface area (Å²) in [6.45, 7) is 0. The molecule has 0 amide bonds. The lowest BCUT2D eigenvalue weighted by atomic mass is 9.83. The normalized spacial score (nSPS) is 20.2. The Morgan fingerprint density at radius 2 is 1.32 bits per heavy atom. The van der Waals surface area contributed by atoms with E-state index in [2.05, 4.69) is 0 Å². The topological polar surface area (TPSA) is 113 Å². The summed E-state index contributed by atoms with van der Waals surface area (Å²) < 4.78 is 51.7. The molecular formula is C32H25FO7S. The quantitative estimate of drug-likeness (QED) is 0.185. The molecule has 2 aliphatic rings. The molecule has 6 rings (SSSR count). The molecule has 0 aliphatic carbocycles. The predicted molar refractivity (Wildman–Crippen MR) is 153 cm³/mol. The largest absolute Gasteiger partial charge is 0.508 e. The van der Waals surface area contributed by atoms with E-state index in [1.54, 1.807) is 30.3 Å². The van der Waals surface area contributed by atoms with Gasteiger partial charge in [-0.2, -0.15) is 8.42 Å². The van der Waals surface area contributed by atoms with Crippen LogP contribution in [0.25, 0.3) is 23.3 Å². The second-order valence-electron chi connectivity index (χ2n) is 9.96. The van der Waals surface area contributed by atoms with Crippen molar-refractivity contribution in [3.8, 4) is 23.0 Å². The molecular weight excluding hydrogens is 547 g/mol. The van der Waals surface area contributed by atoms with Gasteiger partial charge in [-0.15, -0.1) is 0 Å². The second kappa shape index (κ2) is 10.4. The Balaban J connectivity index is 1.34. The van der Waals surface area contributed by atoms with Crippen molar-refractivity contribution < 1.29 is 37.0 Å². The summed E-state index contributed by atoms with van der Waals surface area (Å²) in [4.78, 5) is 0. The third kappa shape index (κ3) is 5.41. The Morgan fingerprint density at radius 3 is 1.98 bits per heavy atom. The fourth-order valence-corrected chi connectivity index (χ4v) is 6.78. The Bertz CT molecular complexity index is 1740. The number of rotatable bonds is 7. The van der Waals surface area contributed by atoms with Gasteiger partial charge in [0.2, 0.25) is 0 Å². The van der Waals surface area contributed by atoms with Crippen LogP contribution in [0, 0.1) is 5.82 Å². The molecule has 41 heavy (non-hydrogen) atoms. The van der Waals surface area contributed by atoms with Crippen LogP contribution in [0.1, 0.15) is 28.7 Å². The van der Waals surface area contributed by atoms with Gasteiger partial charge in [-0.3, -0.25) is 0 Å². The van der Waals surface area contributed by atoms with Crippen molar-refractivity contribution in [2.45, 2.75) is 23.9 Å². The zero-order valence-corrected chi connectivity index (χ0v) is 22.3. The maximum atomic E-state index is 13.4. The maximum Gasteiger partial charge on any atom is 0.315 e. The summed E-state index contributed by atoms with van der Waals surface area (Å²) in [5.41, 5.74) is 4.62. The highest BCUT2D eigenvalue weighted by Crippen LogP contribution is 2.51. The van der Waals surface area contributed by atoms with Crippen LogP contribution < -0.4 is 4.18 Å². The first-order valence-electron chi connectivity index (χ1n) is 12.9. The van der Waals surface area contributed by atoms with E-state index in [0.717, 1.165) is 40.0 Å². The molecule has 1 fully saturated rings. The van der Waals surface area contributed by atoms with Gasteiger partial charge >= 0.3 is 10.1 Å². The summed E-state index contributed by atoms with van der Waals surface area (Å²) >= 11 is 0. The van der Waals surface area contributed by atoms with Gasteiger partial charge in [-0.25, -0.2) is 4.39 Å². The number of phenolic OH excluding ortho intramolecular Hbond substituents is 3. The van der Waals surface area contributed by atoms with Gasteiger partial charge in [0.25, 0.3) is 0 Å². The molecule has 2 bridgehead atoms. The van der Waals surface area contributed by atoms with Crippen molar-refractivity contribution in [1.82, 2.24) is 0 Å². The van der Waals surface area contributed by atoms with Gasteiger partial charge in [0.1, 0.15) is 40.2 Å². The number of hydrogen-bond donors (Lipinski definition) is 3. The van der Waals surface area contributed by atoms with E-state index >= 15 is 0 Å². The van der Waals surface area contributed by atoms with E-state index in [9.17, 15) is 28.1 Å². The monoisotopic (exact) mass is 572 g/mol. The van der Waals surface area contributed by atoms with Crippen molar-refractivity contribution in [3.05, 3.63) is 119 Å². The van der Waals surface area contributed by atoms with E-state index < -0.39 is 33.4 Å². The predicted octanol–water partition coefficient (Wildman–Crippen LogP) is 5.97. The minimum atomic E-state index is -4.14. The highest BCUT2D eigenvalue weighted by Gasteiger charge is 2.53. The van der Waals surface area contributed by atoms with Crippen molar-refractivity contribution in [2.75, 3.05) is 0 Å². The summed E-state index contributed by atoms with van der Waals surface area (Å²) in [5, 5.41) is 28.3. The van der Waals surface area contributed by atoms with Crippen LogP contribution in [0.5, 0.6) is 23.0 Å². The van der Waals surface area contributed by atoms with Crippen molar-refractivity contribution >= 4 is 33.4 Å². The van der Waals surface area contributed by atoms with E-state index in [-0.39, 0.29) is 29.4 Å². The van der Waals surface area contributed by atoms with Crippen LogP contribution in [0.2, 0.25) is 0 Å². The van der Waals surface area contributed by atoms with Gasteiger partial charge in [-0.1, -0.05) is 48.6 Å². The van der Waals surface area contributed by atoms with Crippen molar-refractivity contribution in [3.63, 3.8) is 0 Å². The number of benzene rings is 4. The maximum absolute atomic E-state index is 13.4. The van der Waals surface area contributed by atoms with Crippen LogP contribution >= 0.6 is 0 Å². The highest BCUT2D eigenvalue weighted by molar-refractivity contribution is 7.87. The van der Waals surface area contributed by atoms with Crippen LogP contribution in [0.15, 0.2) is 91.0 Å². The SMILES string of the molecule is O=S(=O)(Oc1ccc(F)cc1)C1CC2OC1C(c1ccc(/C=C/c3cc(O)cc(O)c3)cc1)=C2c1ccc(O)cc1. The van der Waals surface area contributed by atoms with Gasteiger partial charge in [0.05, 0.1) is 6.10 Å². The molecule has 0 spiro atoms. The van der Waals surface area contributed by atoms with Gasteiger partial charge in [0, 0.05) is 12.5 Å². The molecule has 0 saturated carbocycles. The average molecular weight is 573 g/mol. The van der Waals surface area contributed by atoms with Gasteiger partial charge in [0.15, 0.2) is 0 Å². The van der Waals surface area contributed by atoms with Crippen LogP contribution in [0.4, 0.5) is 4.39 Å². The molecule has 1 saturated heterocycles. The lowest BCUT2D eigenvalue weighted by Gasteiger charge is -2.24. The highest BCUT2D eigenvalue weighted by atomic mass is 32.2. The Labute approximate surface area is 236 Å². The number of phenols is 3. The fraction of sp³-hybridized carbons (Fsp3) is 0.125. The molecule has 3 atom stereocenters. The Hall–Kier alpha value is -4.60. The van der Waals surface area contributed by atoms with Crippen molar-refractivity contribution in [2.24, 2.45) is 0 Å². The number of hydrogen-bond acceptors (Lipinski definition) is 7. The van der Waals surface area contributed by atoms with Gasteiger partial charge < -0.3 is 24.2 Å². The first-order chi connectivity index (χ1) is 19.7. The molecule has 4 aromatic carbocycles. The average Bonchev–Trinajstić information content (AvgIpc) is 3.54. The molecule has 2 aliphatic heterocycles. The summed E-state index contributed by atoms with van der Waals surface area (Å²) in [6.07, 6.45) is 2.46. The first-order valence-corrected chi connectivity index (χ1v) is 14.3.